The van der Waals surface area contributed by atoms with Crippen LogP contribution in [0.2, 0.25) is 0 Å². The molecule has 0 heterocycles. The van der Waals surface area contributed by atoms with Gasteiger partial charge >= 0.3 is 11.9 Å². The van der Waals surface area contributed by atoms with Gasteiger partial charge in [-0.3, -0.25) is 4.79 Å². The lowest BCUT2D eigenvalue weighted by atomic mass is 10.2. The van der Waals surface area contributed by atoms with Crippen molar-refractivity contribution in [2.75, 3.05) is 6.61 Å². The van der Waals surface area contributed by atoms with Crippen LogP contribution in [0.15, 0.2) is 54.6 Å². The van der Waals surface area contributed by atoms with Gasteiger partial charge in [-0.1, -0.05) is 42.5 Å². The van der Waals surface area contributed by atoms with Crippen molar-refractivity contribution in [1.82, 2.24) is 0 Å². The number of hydrogen-bond acceptors (Lipinski definition) is 4. The Morgan fingerprint density at radius 1 is 0.880 bits per heavy atom. The van der Waals surface area contributed by atoms with E-state index in [-0.39, 0.29) is 11.5 Å². The molecule has 0 saturated carbocycles. The molecule has 0 aliphatic rings. The van der Waals surface area contributed by atoms with E-state index in [0.717, 1.165) is 24.8 Å². The highest BCUT2D eigenvalue weighted by molar-refractivity contribution is 5.90. The maximum absolute atomic E-state index is 11.7. The van der Waals surface area contributed by atoms with Crippen LogP contribution in [0.4, 0.5) is 0 Å². The summed E-state index contributed by atoms with van der Waals surface area (Å²) in [5.74, 6) is -0.838. The fourth-order valence-corrected chi connectivity index (χ4v) is 2.31. The lowest BCUT2D eigenvalue weighted by molar-refractivity contribution is -0.145. The van der Waals surface area contributed by atoms with E-state index < -0.39 is 5.97 Å². The zero-order valence-corrected chi connectivity index (χ0v) is 14.0. The third kappa shape index (κ3) is 6.67. The number of carbonyl (C=O) groups excluding carboxylic acids is 1. The van der Waals surface area contributed by atoms with Crippen molar-refractivity contribution in [3.63, 3.8) is 0 Å². The van der Waals surface area contributed by atoms with Crippen molar-refractivity contribution in [3.05, 3.63) is 65.7 Å². The molecule has 0 atom stereocenters. The Balaban J connectivity index is 1.57. The van der Waals surface area contributed by atoms with Crippen LogP contribution in [0.5, 0.6) is 5.75 Å². The zero-order valence-electron chi connectivity index (χ0n) is 14.0. The van der Waals surface area contributed by atoms with Gasteiger partial charge in [0.2, 0.25) is 0 Å². The molecule has 5 nitrogen and oxygen atoms in total. The number of hydrogen-bond donors (Lipinski definition) is 1. The highest BCUT2D eigenvalue weighted by Crippen LogP contribution is 2.18. The van der Waals surface area contributed by atoms with Crippen LogP contribution < -0.4 is 4.74 Å². The number of aromatic carboxylic acids is 1. The molecule has 2 aromatic carbocycles. The van der Waals surface area contributed by atoms with Crippen molar-refractivity contribution in [2.24, 2.45) is 0 Å². The van der Waals surface area contributed by atoms with Gasteiger partial charge in [-0.25, -0.2) is 4.79 Å². The average Bonchev–Trinajstić information content (AvgIpc) is 2.64. The Kier molecular flexibility index (Phi) is 7.50. The summed E-state index contributed by atoms with van der Waals surface area (Å²) in [5, 5.41) is 9.07. The van der Waals surface area contributed by atoms with Gasteiger partial charge in [0.15, 0.2) is 0 Å². The first-order valence-electron chi connectivity index (χ1n) is 8.31. The predicted molar refractivity (Wildman–Crippen MR) is 93.6 cm³/mol. The van der Waals surface area contributed by atoms with Crippen LogP contribution in [0.3, 0.4) is 0 Å². The van der Waals surface area contributed by atoms with E-state index >= 15 is 0 Å². The number of rotatable bonds is 10. The Morgan fingerprint density at radius 3 is 2.36 bits per heavy atom. The number of esters is 1. The fraction of sp³-hybridized carbons (Fsp3) is 0.300. The second-order valence-corrected chi connectivity index (χ2v) is 5.61. The first kappa shape index (κ1) is 18.5. The van der Waals surface area contributed by atoms with Gasteiger partial charge in [0.25, 0.3) is 0 Å². The number of carbonyl (C=O) groups is 2. The van der Waals surface area contributed by atoms with Gasteiger partial charge < -0.3 is 14.6 Å². The van der Waals surface area contributed by atoms with E-state index in [0.29, 0.717) is 25.4 Å². The number of para-hydroxylation sites is 1. The van der Waals surface area contributed by atoms with E-state index in [1.54, 1.807) is 18.2 Å². The highest BCUT2D eigenvalue weighted by atomic mass is 16.5. The Morgan fingerprint density at radius 2 is 1.60 bits per heavy atom. The van der Waals surface area contributed by atoms with Crippen LogP contribution >= 0.6 is 0 Å². The zero-order chi connectivity index (χ0) is 17.9. The van der Waals surface area contributed by atoms with Gasteiger partial charge in [-0.2, -0.15) is 0 Å². The maximum Gasteiger partial charge on any atom is 0.339 e. The number of ether oxygens (including phenoxy) is 2. The molecule has 0 aliphatic carbocycles. The molecule has 0 unspecified atom stereocenters. The van der Waals surface area contributed by atoms with Gasteiger partial charge in [0.05, 0.1) is 6.61 Å². The summed E-state index contributed by atoms with van der Waals surface area (Å²) in [6.45, 7) is 0.720. The molecule has 0 fully saturated rings. The number of benzene rings is 2. The second-order valence-electron chi connectivity index (χ2n) is 5.61. The average molecular weight is 342 g/mol. The van der Waals surface area contributed by atoms with E-state index in [9.17, 15) is 9.59 Å². The van der Waals surface area contributed by atoms with E-state index in [1.807, 2.05) is 30.3 Å². The van der Waals surface area contributed by atoms with Gasteiger partial charge in [-0.15, -0.1) is 0 Å². The van der Waals surface area contributed by atoms with Gasteiger partial charge in [0, 0.05) is 6.42 Å². The number of unbranched alkanes of at least 4 members (excludes halogenated alkanes) is 2. The van der Waals surface area contributed by atoms with Crippen molar-refractivity contribution in [3.8, 4) is 5.75 Å². The number of carboxylic acid groups (broad SMARTS) is 1. The molecule has 0 aliphatic heterocycles. The quantitative estimate of drug-likeness (QED) is 0.520. The molecule has 0 saturated heterocycles. The topological polar surface area (TPSA) is 72.8 Å². The van der Waals surface area contributed by atoms with E-state index in [4.69, 9.17) is 14.6 Å². The van der Waals surface area contributed by atoms with Crippen molar-refractivity contribution >= 4 is 11.9 Å². The molecule has 0 spiro atoms. The third-order valence-electron chi connectivity index (χ3n) is 3.64. The van der Waals surface area contributed by atoms with Crippen molar-refractivity contribution in [2.45, 2.75) is 32.3 Å². The first-order valence-corrected chi connectivity index (χ1v) is 8.31. The number of carboxylic acids is 1. The van der Waals surface area contributed by atoms with Crippen LogP contribution in [0.1, 0.15) is 41.6 Å². The molecule has 25 heavy (non-hydrogen) atoms. The SMILES string of the molecule is O=C(CCCCCOc1ccccc1C(=O)O)OCc1ccccc1. The largest absolute Gasteiger partial charge is 0.493 e. The molecule has 1 N–H and O–H groups in total. The molecule has 0 bridgehead atoms. The summed E-state index contributed by atoms with van der Waals surface area (Å²) in [6.07, 6.45) is 2.66. The van der Waals surface area contributed by atoms with Crippen LogP contribution in [-0.2, 0) is 16.1 Å². The van der Waals surface area contributed by atoms with Crippen LogP contribution in [-0.4, -0.2) is 23.7 Å². The molecule has 0 radical (unpaired) electrons. The Hall–Kier alpha value is -2.82. The molecule has 5 heteroatoms. The van der Waals surface area contributed by atoms with Crippen molar-refractivity contribution < 1.29 is 24.2 Å². The van der Waals surface area contributed by atoms with Crippen LogP contribution in [0, 0.1) is 0 Å². The summed E-state index contributed by atoms with van der Waals surface area (Å²) >= 11 is 0. The normalized spacial score (nSPS) is 10.2. The fourth-order valence-electron chi connectivity index (χ4n) is 2.31. The summed E-state index contributed by atoms with van der Waals surface area (Å²) in [5.41, 5.74) is 1.13. The van der Waals surface area contributed by atoms with E-state index in [2.05, 4.69) is 0 Å². The minimum absolute atomic E-state index is 0.159. The van der Waals surface area contributed by atoms with Crippen LogP contribution in [0.25, 0.3) is 0 Å². The molecule has 2 rings (SSSR count). The minimum Gasteiger partial charge on any atom is -0.493 e. The van der Waals surface area contributed by atoms with Gasteiger partial charge in [-0.05, 0) is 37.0 Å². The summed E-state index contributed by atoms with van der Waals surface area (Å²) in [6, 6.07) is 16.1. The van der Waals surface area contributed by atoms with E-state index in [1.165, 1.54) is 6.07 Å². The standard InChI is InChI=1S/C20H22O5/c21-19(25-15-16-9-3-1-4-10-16)13-5-2-8-14-24-18-12-7-6-11-17(18)20(22)23/h1,3-4,6-7,9-12H,2,5,8,13-15H2,(H,22,23). The minimum atomic E-state index is -1.00. The highest BCUT2D eigenvalue weighted by Gasteiger charge is 2.09. The first-order chi connectivity index (χ1) is 12.2. The third-order valence-corrected chi connectivity index (χ3v) is 3.64. The molecular weight excluding hydrogens is 320 g/mol. The van der Waals surface area contributed by atoms with Crippen molar-refractivity contribution in [1.29, 1.82) is 0 Å². The summed E-state index contributed by atoms with van der Waals surface area (Å²) in [4.78, 5) is 22.7. The lowest BCUT2D eigenvalue weighted by Crippen LogP contribution is -2.06. The Bertz CT molecular complexity index is 681. The molecular formula is C20H22O5. The molecule has 0 amide bonds. The molecule has 2 aromatic rings. The monoisotopic (exact) mass is 342 g/mol. The lowest BCUT2D eigenvalue weighted by Gasteiger charge is -2.09. The predicted octanol–water partition coefficient (Wildman–Crippen LogP) is 4.07. The second kappa shape index (κ2) is 10.1. The maximum atomic E-state index is 11.7. The smallest absolute Gasteiger partial charge is 0.339 e. The summed E-state index contributed by atoms with van der Waals surface area (Å²) in [7, 11) is 0. The van der Waals surface area contributed by atoms with Gasteiger partial charge in [0.1, 0.15) is 17.9 Å². The molecule has 0 aromatic heterocycles. The summed E-state index contributed by atoms with van der Waals surface area (Å²) < 4.78 is 10.7. The Labute approximate surface area is 147 Å². The molecule has 132 valence electrons.